The number of carbonyl (C=O) groups is 2. The number of Topliss-reactive ketones (excluding diaryl/α,β-unsaturated/α-hetero) is 1. The summed E-state index contributed by atoms with van der Waals surface area (Å²) in [6.45, 7) is -1.05. The first-order valence-electron chi connectivity index (χ1n) is 15.8. The molecule has 0 spiro atoms. The first-order chi connectivity index (χ1) is 23.2. The van der Waals surface area contributed by atoms with Gasteiger partial charge in [-0.2, -0.15) is 0 Å². The third-order valence-corrected chi connectivity index (χ3v) is 8.89. The lowest BCUT2D eigenvalue weighted by atomic mass is 9.87. The zero-order chi connectivity index (χ0) is 36.2. The molecule has 6 unspecified atom stereocenters. The normalized spacial score (nSPS) is 39.8. The van der Waals surface area contributed by atoms with Crippen LogP contribution in [0.1, 0.15) is 25.3 Å². The lowest BCUT2D eigenvalue weighted by Crippen LogP contribution is -2.69. The Morgan fingerprint density at radius 2 is 1.39 bits per heavy atom. The number of nitrogens with two attached hydrogens (primary N) is 1. The molecular formula is C30H46N2O17. The van der Waals surface area contributed by atoms with E-state index in [1.807, 2.05) is 0 Å². The zero-order valence-electron chi connectivity index (χ0n) is 26.5. The molecular weight excluding hydrogens is 660 g/mol. The van der Waals surface area contributed by atoms with Crippen LogP contribution in [0.4, 0.5) is 0 Å². The molecule has 278 valence electrons. The van der Waals surface area contributed by atoms with E-state index in [1.54, 1.807) is 0 Å². The Bertz CT molecular complexity index is 1260. The van der Waals surface area contributed by atoms with Crippen molar-refractivity contribution in [3.05, 3.63) is 23.8 Å². The van der Waals surface area contributed by atoms with Crippen molar-refractivity contribution >= 4 is 11.7 Å². The van der Waals surface area contributed by atoms with Crippen LogP contribution < -0.4 is 11.1 Å². The number of aryl methyl sites for hydroxylation is 1. The minimum Gasteiger partial charge on any atom is -0.504 e. The van der Waals surface area contributed by atoms with Crippen molar-refractivity contribution in [2.24, 2.45) is 11.7 Å². The summed E-state index contributed by atoms with van der Waals surface area (Å²) in [5.41, 5.74) is 6.75. The standard InChI is InChI=1S/C30H46N2O17/c1-11(36)6-13-22(40)23(41)16(8-33)46-29(13)48-26-18(10-35)47-30(20(31)24(26)42)49-27-17(9-34)45-28(44)21(25(27)43)32-19(39)5-3-12-2-4-14(37)15(38)7-12/h2,4,7,13,16-18,20-30,33-35,37-38,40-44H,3,5-6,8-10,31H2,1H3,(H,32,39)/t13?,16?,17?,18?,20?,21?,22-,23-,24-,25-,26-,27-,28-,29+,30+/m1/s1. The number of aromatic hydroxyl groups is 2. The fraction of sp³-hybridized carbons (Fsp3) is 0.733. The Labute approximate surface area is 280 Å². The van der Waals surface area contributed by atoms with E-state index in [2.05, 4.69) is 5.32 Å². The molecule has 1 aromatic carbocycles. The van der Waals surface area contributed by atoms with Crippen molar-refractivity contribution in [3.63, 3.8) is 0 Å². The summed E-state index contributed by atoms with van der Waals surface area (Å²) in [5, 5.41) is 105. The molecule has 0 radical (unpaired) electrons. The highest BCUT2D eigenvalue weighted by molar-refractivity contribution is 5.76. The summed E-state index contributed by atoms with van der Waals surface area (Å²) >= 11 is 0. The fourth-order valence-electron chi connectivity index (χ4n) is 6.16. The van der Waals surface area contributed by atoms with Gasteiger partial charge in [0.2, 0.25) is 5.91 Å². The number of aliphatic hydroxyl groups is 8. The maximum atomic E-state index is 12.7. The van der Waals surface area contributed by atoms with Gasteiger partial charge in [-0.3, -0.25) is 4.79 Å². The Morgan fingerprint density at radius 1 is 0.796 bits per heavy atom. The molecule has 0 saturated carbocycles. The van der Waals surface area contributed by atoms with Gasteiger partial charge in [-0.05, 0) is 31.0 Å². The second-order valence-electron chi connectivity index (χ2n) is 12.4. The molecule has 0 bridgehead atoms. The Morgan fingerprint density at radius 3 is 2.00 bits per heavy atom. The highest BCUT2D eigenvalue weighted by Crippen LogP contribution is 2.35. The molecule has 3 heterocycles. The average molecular weight is 707 g/mol. The number of ether oxygens (including phenoxy) is 5. The maximum Gasteiger partial charge on any atom is 0.220 e. The summed E-state index contributed by atoms with van der Waals surface area (Å²) in [7, 11) is 0. The van der Waals surface area contributed by atoms with E-state index in [0.29, 0.717) is 5.56 Å². The highest BCUT2D eigenvalue weighted by Gasteiger charge is 2.53. The molecule has 3 saturated heterocycles. The van der Waals surface area contributed by atoms with Crippen LogP contribution in [-0.4, -0.2) is 168 Å². The molecule has 19 nitrogen and oxygen atoms in total. The number of ketones is 1. The largest absolute Gasteiger partial charge is 0.504 e. The van der Waals surface area contributed by atoms with Crippen molar-refractivity contribution in [1.29, 1.82) is 0 Å². The van der Waals surface area contributed by atoms with Crippen LogP contribution >= 0.6 is 0 Å². The number of aliphatic hydroxyl groups excluding tert-OH is 8. The van der Waals surface area contributed by atoms with Gasteiger partial charge in [0.15, 0.2) is 30.4 Å². The van der Waals surface area contributed by atoms with E-state index in [4.69, 9.17) is 29.4 Å². The number of nitrogens with one attached hydrogen (secondary N) is 1. The van der Waals surface area contributed by atoms with Crippen molar-refractivity contribution in [2.75, 3.05) is 19.8 Å². The summed E-state index contributed by atoms with van der Waals surface area (Å²) in [4.78, 5) is 24.6. The van der Waals surface area contributed by atoms with E-state index < -0.39 is 118 Å². The van der Waals surface area contributed by atoms with E-state index >= 15 is 0 Å². The maximum absolute atomic E-state index is 12.7. The minimum atomic E-state index is -1.79. The van der Waals surface area contributed by atoms with Gasteiger partial charge in [0, 0.05) is 18.8 Å². The monoisotopic (exact) mass is 706 g/mol. The number of amides is 1. The minimum absolute atomic E-state index is 0.120. The van der Waals surface area contributed by atoms with Crippen LogP contribution in [0.5, 0.6) is 11.5 Å². The second-order valence-corrected chi connectivity index (χ2v) is 12.4. The molecule has 0 aliphatic carbocycles. The van der Waals surface area contributed by atoms with Gasteiger partial charge in [0.25, 0.3) is 0 Å². The summed E-state index contributed by atoms with van der Waals surface area (Å²) in [6.07, 6.45) is -18.8. The van der Waals surface area contributed by atoms with E-state index in [0.717, 1.165) is 0 Å². The number of benzene rings is 1. The molecule has 13 N–H and O–H groups in total. The van der Waals surface area contributed by atoms with Crippen LogP contribution in [0, 0.1) is 5.92 Å². The number of phenolic OH excluding ortho intramolecular Hbond substituents is 2. The van der Waals surface area contributed by atoms with Crippen molar-refractivity contribution in [3.8, 4) is 11.5 Å². The number of carbonyl (C=O) groups excluding carboxylic acids is 2. The van der Waals surface area contributed by atoms with Crippen molar-refractivity contribution in [2.45, 2.75) is 112 Å². The van der Waals surface area contributed by atoms with Gasteiger partial charge >= 0.3 is 0 Å². The predicted molar refractivity (Wildman–Crippen MR) is 160 cm³/mol. The van der Waals surface area contributed by atoms with Gasteiger partial charge in [-0.15, -0.1) is 0 Å². The summed E-state index contributed by atoms with van der Waals surface area (Å²) in [6, 6.07) is 1.07. The van der Waals surface area contributed by atoms with Crippen molar-refractivity contribution in [1.82, 2.24) is 5.32 Å². The van der Waals surface area contributed by atoms with Gasteiger partial charge in [-0.1, -0.05) is 6.07 Å². The molecule has 4 rings (SSSR count). The quantitative estimate of drug-likeness (QED) is 0.0853. The first kappa shape index (κ1) is 39.2. The number of hydrogen-bond acceptors (Lipinski definition) is 18. The SMILES string of the molecule is CC(=O)CC1[C@H](O[C@@H]2C(CO)O[C@@H](O[C@@H]3C(CO)O[C@@H](O)C(NC(=O)CCc4ccc(O)c(O)c4)[C@H]3O)C(N)[C@H]2O)OC(CO)[C@@H](O)[C@@H]1O. The van der Waals surface area contributed by atoms with Crippen LogP contribution in [0.25, 0.3) is 0 Å². The Hall–Kier alpha value is -2.60. The lowest BCUT2D eigenvalue weighted by Gasteiger charge is -2.49. The van der Waals surface area contributed by atoms with Crippen LogP contribution in [-0.2, 0) is 39.7 Å². The van der Waals surface area contributed by atoms with Gasteiger partial charge in [-0.25, -0.2) is 0 Å². The molecule has 0 aromatic heterocycles. The molecule has 15 atom stereocenters. The second kappa shape index (κ2) is 17.1. The average Bonchev–Trinajstić information content (AvgIpc) is 3.07. The smallest absolute Gasteiger partial charge is 0.220 e. The topological polar surface area (TPSA) is 321 Å². The van der Waals surface area contributed by atoms with Crippen LogP contribution in [0.15, 0.2) is 18.2 Å². The van der Waals surface area contributed by atoms with Gasteiger partial charge in [0.05, 0.1) is 32.0 Å². The van der Waals surface area contributed by atoms with E-state index in [9.17, 15) is 60.7 Å². The van der Waals surface area contributed by atoms with Gasteiger partial charge in [0.1, 0.15) is 60.7 Å². The Kier molecular flexibility index (Phi) is 13.7. The highest BCUT2D eigenvalue weighted by atomic mass is 16.7. The van der Waals surface area contributed by atoms with Gasteiger partial charge < -0.3 is 90.6 Å². The number of phenols is 2. The molecule has 19 heteroatoms. The summed E-state index contributed by atoms with van der Waals surface area (Å²) in [5.74, 6) is -2.87. The first-order valence-corrected chi connectivity index (χ1v) is 15.8. The lowest BCUT2D eigenvalue weighted by molar-refractivity contribution is -0.354. The molecule has 49 heavy (non-hydrogen) atoms. The van der Waals surface area contributed by atoms with Crippen LogP contribution in [0.3, 0.4) is 0 Å². The van der Waals surface area contributed by atoms with E-state index in [1.165, 1.54) is 25.1 Å². The number of rotatable bonds is 13. The number of hydrogen-bond donors (Lipinski definition) is 12. The van der Waals surface area contributed by atoms with Crippen LogP contribution in [0.2, 0.25) is 0 Å². The van der Waals surface area contributed by atoms with E-state index in [-0.39, 0.29) is 36.5 Å². The zero-order valence-corrected chi connectivity index (χ0v) is 26.5. The predicted octanol–water partition coefficient (Wildman–Crippen LogP) is -5.20. The fourth-order valence-corrected chi connectivity index (χ4v) is 6.16. The summed E-state index contributed by atoms with van der Waals surface area (Å²) < 4.78 is 28.5. The third kappa shape index (κ3) is 9.01. The molecule has 3 aliphatic rings. The Balaban J connectivity index is 1.44. The third-order valence-electron chi connectivity index (χ3n) is 8.89. The van der Waals surface area contributed by atoms with Crippen molar-refractivity contribution < 1.29 is 84.3 Å². The molecule has 3 aliphatic heterocycles. The molecule has 1 aromatic rings. The molecule has 1 amide bonds. The molecule has 3 fully saturated rings.